The highest BCUT2D eigenvalue weighted by Gasteiger charge is 2.21. The van der Waals surface area contributed by atoms with Gasteiger partial charge in [-0.05, 0) is 51.4 Å². The second-order valence-electron chi connectivity index (χ2n) is 17.8. The van der Waals surface area contributed by atoms with Crippen molar-refractivity contribution in [3.8, 4) is 0 Å². The van der Waals surface area contributed by atoms with Crippen LogP contribution in [0.1, 0.15) is 213 Å². The molecule has 0 saturated heterocycles. The van der Waals surface area contributed by atoms with E-state index >= 15 is 0 Å². The second-order valence-corrected chi connectivity index (χ2v) is 19.2. The monoisotopic (exact) mass is 880 g/mol. The normalized spacial score (nSPS) is 13.9. The van der Waals surface area contributed by atoms with E-state index in [1.54, 1.807) is 0 Å². The van der Waals surface area contributed by atoms with Crippen molar-refractivity contribution in [3.63, 3.8) is 0 Å². The zero-order chi connectivity index (χ0) is 45.0. The Bertz CT molecular complexity index is 1180. The van der Waals surface area contributed by atoms with Gasteiger partial charge in [-0.2, -0.15) is 0 Å². The lowest BCUT2D eigenvalue weighted by atomic mass is 10.0. The Balaban J connectivity index is 4.29. The predicted molar refractivity (Wildman–Crippen MR) is 254 cm³/mol. The number of hydrogen-bond acceptors (Lipinski definition) is 8. The molecule has 9 nitrogen and oxygen atoms in total. The Labute approximate surface area is 375 Å². The molecule has 0 aliphatic carbocycles. The van der Waals surface area contributed by atoms with E-state index in [1.165, 1.54) is 96.3 Å². The quantitative estimate of drug-likeness (QED) is 0.0195. The molecule has 0 aliphatic rings. The van der Waals surface area contributed by atoms with Crippen molar-refractivity contribution in [2.75, 3.05) is 47.5 Å². The van der Waals surface area contributed by atoms with Gasteiger partial charge in [0.05, 0.1) is 27.7 Å². The fraction of sp³-hybridized carbons (Fsp3) is 0.804. The average Bonchev–Trinajstić information content (AvgIpc) is 3.21. The van der Waals surface area contributed by atoms with Gasteiger partial charge in [0.15, 0.2) is 6.10 Å². The molecule has 0 bridgehead atoms. The summed E-state index contributed by atoms with van der Waals surface area (Å²) in [7, 11) is 1.16. The van der Waals surface area contributed by atoms with Crippen LogP contribution in [-0.2, 0) is 32.7 Å². The number of esters is 2. The summed E-state index contributed by atoms with van der Waals surface area (Å²) >= 11 is 0. The maximum absolute atomic E-state index is 12.7. The molecule has 0 aromatic carbocycles. The summed E-state index contributed by atoms with van der Waals surface area (Å²) in [4.78, 5) is 37.7. The van der Waals surface area contributed by atoms with Crippen molar-refractivity contribution >= 4 is 19.8 Å². The molecule has 2 unspecified atom stereocenters. The van der Waals surface area contributed by atoms with Gasteiger partial charge in [0.1, 0.15) is 19.8 Å². The van der Waals surface area contributed by atoms with Gasteiger partial charge in [0.25, 0.3) is 7.82 Å². The Hall–Kier alpha value is -2.03. The van der Waals surface area contributed by atoms with Crippen molar-refractivity contribution in [1.82, 2.24) is 0 Å². The lowest BCUT2D eigenvalue weighted by Crippen LogP contribution is -2.37. The SMILES string of the molecule is CC/C=C\C/C=C\C/C=C\C/C=C\CCCCCCCCC(=O)OC(COC(=O)CCCCCCCCCCCCCCCCCCCC)COP(=O)([O-])OCC[N+](C)(C)C. The van der Waals surface area contributed by atoms with Gasteiger partial charge in [-0.15, -0.1) is 0 Å². The molecule has 0 spiro atoms. The Morgan fingerprint density at radius 1 is 0.525 bits per heavy atom. The first kappa shape index (κ1) is 59.0. The van der Waals surface area contributed by atoms with Gasteiger partial charge in [-0.1, -0.05) is 197 Å². The Morgan fingerprint density at radius 3 is 1.39 bits per heavy atom. The van der Waals surface area contributed by atoms with Crippen LogP contribution in [0, 0.1) is 0 Å². The molecule has 0 N–H and O–H groups in total. The van der Waals surface area contributed by atoms with E-state index in [0.717, 1.165) is 83.5 Å². The van der Waals surface area contributed by atoms with Crippen LogP contribution >= 0.6 is 7.82 Å². The van der Waals surface area contributed by atoms with Crippen LogP contribution in [-0.4, -0.2) is 70.0 Å². The fourth-order valence-corrected chi connectivity index (χ4v) is 7.49. The number of allylic oxidation sites excluding steroid dienone is 8. The standard InChI is InChI=1S/C51H94NO8P/c1-6-8-10-12-14-16-18-20-22-24-26-28-30-32-34-36-38-40-42-44-51(54)60-49(48-59-61(55,56)58-46-45-52(3,4)5)47-57-50(53)43-41-39-37-35-33-31-29-27-25-23-21-19-17-15-13-11-9-7-2/h8,10,14,16,20,22,26,28,49H,6-7,9,11-13,15,17-19,21,23-25,27,29-48H2,1-5H3/b10-8-,16-14-,22-20-,28-26-. The minimum Gasteiger partial charge on any atom is -0.756 e. The van der Waals surface area contributed by atoms with Crippen LogP contribution in [0.4, 0.5) is 0 Å². The van der Waals surface area contributed by atoms with Crippen LogP contribution in [0.25, 0.3) is 0 Å². The van der Waals surface area contributed by atoms with E-state index in [0.29, 0.717) is 17.4 Å². The maximum atomic E-state index is 12.7. The summed E-state index contributed by atoms with van der Waals surface area (Å²) in [5, 5.41) is 0. The highest BCUT2D eigenvalue weighted by molar-refractivity contribution is 7.45. The molecule has 0 aromatic rings. The number of nitrogens with zero attached hydrogens (tertiary/aromatic N) is 1. The van der Waals surface area contributed by atoms with Crippen LogP contribution in [0.5, 0.6) is 0 Å². The van der Waals surface area contributed by atoms with Gasteiger partial charge in [-0.3, -0.25) is 14.2 Å². The van der Waals surface area contributed by atoms with Gasteiger partial charge < -0.3 is 27.9 Å². The molecule has 356 valence electrons. The van der Waals surface area contributed by atoms with E-state index in [2.05, 4.69) is 62.5 Å². The van der Waals surface area contributed by atoms with E-state index in [9.17, 15) is 19.0 Å². The summed E-state index contributed by atoms with van der Waals surface area (Å²) in [5.41, 5.74) is 0. The first-order valence-electron chi connectivity index (χ1n) is 24.8. The largest absolute Gasteiger partial charge is 0.756 e. The van der Waals surface area contributed by atoms with E-state index in [4.69, 9.17) is 18.5 Å². The molecule has 2 atom stereocenters. The minimum absolute atomic E-state index is 0.0342. The molecule has 0 rings (SSSR count). The summed E-state index contributed by atoms with van der Waals surface area (Å²) in [6.45, 7) is 4.12. The minimum atomic E-state index is -4.63. The zero-order valence-corrected chi connectivity index (χ0v) is 41.0. The number of likely N-dealkylation sites (N-methyl/N-ethyl adjacent to an activating group) is 1. The molecule has 0 heterocycles. The number of phosphoric acid groups is 1. The number of phosphoric ester groups is 1. The Morgan fingerprint density at radius 2 is 0.934 bits per heavy atom. The topological polar surface area (TPSA) is 111 Å². The lowest BCUT2D eigenvalue weighted by molar-refractivity contribution is -0.870. The van der Waals surface area contributed by atoms with Crippen molar-refractivity contribution in [1.29, 1.82) is 0 Å². The van der Waals surface area contributed by atoms with Gasteiger partial charge in [-0.25, -0.2) is 0 Å². The molecule has 0 radical (unpaired) electrons. The Kier molecular flexibility index (Phi) is 41.8. The molecule has 0 aliphatic heterocycles. The predicted octanol–water partition coefficient (Wildman–Crippen LogP) is 14.0. The molecule has 0 saturated carbocycles. The molecule has 0 aromatic heterocycles. The van der Waals surface area contributed by atoms with Gasteiger partial charge in [0, 0.05) is 12.8 Å². The smallest absolute Gasteiger partial charge is 0.306 e. The molecular weight excluding hydrogens is 786 g/mol. The van der Waals surface area contributed by atoms with Crippen LogP contribution < -0.4 is 4.89 Å². The summed E-state index contributed by atoms with van der Waals surface area (Å²) in [6, 6.07) is 0. The first-order chi connectivity index (χ1) is 29.5. The van der Waals surface area contributed by atoms with Gasteiger partial charge >= 0.3 is 11.9 Å². The molecular formula is C51H94NO8P. The summed E-state index contributed by atoms with van der Waals surface area (Å²) in [5.74, 6) is -0.844. The molecule has 10 heteroatoms. The zero-order valence-electron chi connectivity index (χ0n) is 40.1. The van der Waals surface area contributed by atoms with E-state index < -0.39 is 26.5 Å². The van der Waals surface area contributed by atoms with Crippen LogP contribution in [0.3, 0.4) is 0 Å². The summed E-state index contributed by atoms with van der Waals surface area (Å²) < 4.78 is 34.0. The third-order valence-corrected chi connectivity index (χ3v) is 11.6. The van der Waals surface area contributed by atoms with Crippen LogP contribution in [0.15, 0.2) is 48.6 Å². The first-order valence-corrected chi connectivity index (χ1v) is 26.3. The average molecular weight is 880 g/mol. The summed E-state index contributed by atoms with van der Waals surface area (Å²) in [6.07, 6.45) is 51.3. The van der Waals surface area contributed by atoms with Crippen molar-refractivity contribution < 1.29 is 42.1 Å². The maximum Gasteiger partial charge on any atom is 0.306 e. The number of hydrogen-bond donors (Lipinski definition) is 0. The van der Waals surface area contributed by atoms with Crippen LogP contribution in [0.2, 0.25) is 0 Å². The van der Waals surface area contributed by atoms with Crippen molar-refractivity contribution in [3.05, 3.63) is 48.6 Å². The fourth-order valence-electron chi connectivity index (χ4n) is 6.76. The number of carbonyl (C=O) groups excluding carboxylic acids is 2. The highest BCUT2D eigenvalue weighted by Crippen LogP contribution is 2.38. The number of quaternary nitrogens is 1. The highest BCUT2D eigenvalue weighted by atomic mass is 31.2. The number of unbranched alkanes of at least 4 members (excludes halogenated alkanes) is 23. The number of carbonyl (C=O) groups is 2. The lowest BCUT2D eigenvalue weighted by Gasteiger charge is -2.28. The van der Waals surface area contributed by atoms with Crippen molar-refractivity contribution in [2.45, 2.75) is 219 Å². The third-order valence-electron chi connectivity index (χ3n) is 10.6. The number of ether oxygens (including phenoxy) is 2. The van der Waals surface area contributed by atoms with Crippen molar-refractivity contribution in [2.24, 2.45) is 0 Å². The van der Waals surface area contributed by atoms with E-state index in [-0.39, 0.29) is 32.0 Å². The second kappa shape index (κ2) is 43.2. The molecule has 61 heavy (non-hydrogen) atoms. The molecule has 0 fully saturated rings. The number of rotatable bonds is 45. The van der Waals surface area contributed by atoms with E-state index in [1.807, 2.05) is 21.1 Å². The third kappa shape index (κ3) is 47.3. The van der Waals surface area contributed by atoms with Gasteiger partial charge in [0.2, 0.25) is 0 Å². The molecule has 0 amide bonds.